The van der Waals surface area contributed by atoms with Crippen molar-refractivity contribution in [2.24, 2.45) is 0 Å². The molecule has 116 valence electrons. The molecule has 1 amide bonds. The van der Waals surface area contributed by atoms with Crippen LogP contribution in [-0.4, -0.2) is 35.4 Å². The number of nitrogens with one attached hydrogen (secondary N) is 2. The minimum Gasteiger partial charge on any atom is -0.449 e. The second-order valence-electron chi connectivity index (χ2n) is 5.26. The summed E-state index contributed by atoms with van der Waals surface area (Å²) in [6, 6.07) is 0.219. The van der Waals surface area contributed by atoms with Crippen LogP contribution in [0.3, 0.4) is 0 Å². The van der Waals surface area contributed by atoms with E-state index in [1.165, 1.54) is 11.5 Å². The zero-order chi connectivity index (χ0) is 15.4. The van der Waals surface area contributed by atoms with E-state index in [2.05, 4.69) is 15.0 Å². The quantitative estimate of drug-likeness (QED) is 0.814. The summed E-state index contributed by atoms with van der Waals surface area (Å²) in [5.74, 6) is -0.748. The van der Waals surface area contributed by atoms with Crippen molar-refractivity contribution in [2.45, 2.75) is 51.7 Å². The van der Waals surface area contributed by atoms with Gasteiger partial charge in [0.05, 0.1) is 5.69 Å². The van der Waals surface area contributed by atoms with Crippen LogP contribution in [0.5, 0.6) is 0 Å². The van der Waals surface area contributed by atoms with Crippen molar-refractivity contribution in [3.8, 4) is 0 Å². The monoisotopic (exact) mass is 311 g/mol. The number of amides is 1. The van der Waals surface area contributed by atoms with Crippen molar-refractivity contribution < 1.29 is 14.3 Å². The summed E-state index contributed by atoms with van der Waals surface area (Å²) >= 11 is 1.20. The van der Waals surface area contributed by atoms with Gasteiger partial charge < -0.3 is 15.4 Å². The van der Waals surface area contributed by atoms with E-state index in [-0.39, 0.29) is 11.9 Å². The van der Waals surface area contributed by atoms with Crippen LogP contribution in [0.4, 0.5) is 5.00 Å². The first-order chi connectivity index (χ1) is 10.0. The summed E-state index contributed by atoms with van der Waals surface area (Å²) in [7, 11) is 1.72. The van der Waals surface area contributed by atoms with Gasteiger partial charge in [0.25, 0.3) is 5.91 Å². The Morgan fingerprint density at radius 1 is 1.38 bits per heavy atom. The van der Waals surface area contributed by atoms with Crippen LogP contribution in [-0.2, 0) is 9.53 Å². The Morgan fingerprint density at radius 2 is 2.05 bits per heavy atom. The summed E-state index contributed by atoms with van der Waals surface area (Å²) in [5.41, 5.74) is 1.01. The average molecular weight is 311 g/mol. The number of aryl methyl sites for hydroxylation is 1. The van der Waals surface area contributed by atoms with Crippen LogP contribution < -0.4 is 10.6 Å². The third kappa shape index (κ3) is 3.72. The minimum absolute atomic E-state index is 0.219. The van der Waals surface area contributed by atoms with E-state index >= 15 is 0 Å². The van der Waals surface area contributed by atoms with E-state index in [9.17, 15) is 9.59 Å². The zero-order valence-corrected chi connectivity index (χ0v) is 13.4. The van der Waals surface area contributed by atoms with Crippen molar-refractivity contribution >= 4 is 28.4 Å². The van der Waals surface area contributed by atoms with Crippen LogP contribution in [0.1, 0.15) is 48.7 Å². The molecule has 6 nitrogen and oxygen atoms in total. The topological polar surface area (TPSA) is 80.3 Å². The maximum Gasteiger partial charge on any atom is 0.343 e. The molecule has 2 rings (SSSR count). The lowest BCUT2D eigenvalue weighted by Crippen LogP contribution is -2.40. The standard InChI is InChI=1S/C14H21N3O3S/c1-8-11(13(15-3)21-17-8)14(19)20-9(2)12(18)16-10-6-4-5-7-10/h9-10,15H,4-7H2,1-3H3,(H,16,18)/t9-/m0/s1. The lowest BCUT2D eigenvalue weighted by molar-refractivity contribution is -0.129. The molecule has 2 N–H and O–H groups in total. The number of hydrogen-bond acceptors (Lipinski definition) is 6. The average Bonchev–Trinajstić information content (AvgIpc) is 3.07. The summed E-state index contributed by atoms with van der Waals surface area (Å²) < 4.78 is 9.39. The third-order valence-corrected chi connectivity index (χ3v) is 4.60. The largest absolute Gasteiger partial charge is 0.449 e. The molecule has 0 spiro atoms. The Hall–Kier alpha value is -1.63. The Bertz CT molecular complexity index is 524. The van der Waals surface area contributed by atoms with Crippen LogP contribution >= 0.6 is 11.5 Å². The highest BCUT2D eigenvalue weighted by molar-refractivity contribution is 7.10. The Labute approximate surface area is 128 Å². The van der Waals surface area contributed by atoms with E-state index in [0.717, 1.165) is 25.7 Å². The van der Waals surface area contributed by atoms with Crippen molar-refractivity contribution in [1.82, 2.24) is 9.69 Å². The molecule has 0 unspecified atom stereocenters. The zero-order valence-electron chi connectivity index (χ0n) is 12.6. The molecule has 0 aliphatic heterocycles. The molecule has 0 radical (unpaired) electrons. The normalized spacial score (nSPS) is 16.5. The lowest BCUT2D eigenvalue weighted by atomic mass is 10.2. The van der Waals surface area contributed by atoms with Crippen LogP contribution in [0.25, 0.3) is 0 Å². The highest BCUT2D eigenvalue weighted by Crippen LogP contribution is 2.25. The Kier molecular flexibility index (Phi) is 5.17. The predicted octanol–water partition coefficient (Wildman–Crippen LogP) is 2.10. The van der Waals surface area contributed by atoms with Crippen LogP contribution in [0.2, 0.25) is 0 Å². The number of esters is 1. The fraction of sp³-hybridized carbons (Fsp3) is 0.643. The van der Waals surface area contributed by atoms with Gasteiger partial charge >= 0.3 is 5.97 Å². The number of hydrogen-bond donors (Lipinski definition) is 2. The molecule has 21 heavy (non-hydrogen) atoms. The minimum atomic E-state index is -0.804. The van der Waals surface area contributed by atoms with Gasteiger partial charge in [-0.1, -0.05) is 12.8 Å². The molecular formula is C14H21N3O3S. The molecule has 1 heterocycles. The molecule has 1 fully saturated rings. The summed E-state index contributed by atoms with van der Waals surface area (Å²) in [6.45, 7) is 3.34. The number of carbonyl (C=O) groups is 2. The van der Waals surface area contributed by atoms with Gasteiger partial charge in [0, 0.05) is 13.1 Å². The number of carbonyl (C=O) groups excluding carboxylic acids is 2. The maximum atomic E-state index is 12.2. The van der Waals surface area contributed by atoms with Crippen molar-refractivity contribution in [3.05, 3.63) is 11.3 Å². The fourth-order valence-electron chi connectivity index (χ4n) is 2.44. The molecule has 0 bridgehead atoms. The smallest absolute Gasteiger partial charge is 0.343 e. The first-order valence-corrected chi connectivity index (χ1v) is 7.95. The molecule has 1 aromatic rings. The molecule has 0 aromatic carbocycles. The summed E-state index contributed by atoms with van der Waals surface area (Å²) in [4.78, 5) is 24.2. The number of rotatable bonds is 5. The molecule has 7 heteroatoms. The van der Waals surface area contributed by atoms with Crippen molar-refractivity contribution in [1.29, 1.82) is 0 Å². The van der Waals surface area contributed by atoms with Gasteiger partial charge in [-0.25, -0.2) is 4.79 Å². The van der Waals surface area contributed by atoms with Gasteiger partial charge in [-0.15, -0.1) is 0 Å². The van der Waals surface area contributed by atoms with Gasteiger partial charge in [-0.05, 0) is 38.2 Å². The lowest BCUT2D eigenvalue weighted by Gasteiger charge is -2.17. The number of ether oxygens (including phenoxy) is 1. The number of aromatic nitrogens is 1. The SMILES string of the molecule is CNc1snc(C)c1C(=O)O[C@@H](C)C(=O)NC1CCCC1. The van der Waals surface area contributed by atoms with Gasteiger partial charge in [-0.3, -0.25) is 4.79 Å². The van der Waals surface area contributed by atoms with Crippen LogP contribution in [0, 0.1) is 6.92 Å². The van der Waals surface area contributed by atoms with E-state index in [1.807, 2.05) is 0 Å². The predicted molar refractivity (Wildman–Crippen MR) is 81.7 cm³/mol. The third-order valence-electron chi connectivity index (χ3n) is 3.65. The highest BCUT2D eigenvalue weighted by atomic mass is 32.1. The van der Waals surface area contributed by atoms with Crippen molar-refractivity contribution in [3.63, 3.8) is 0 Å². The van der Waals surface area contributed by atoms with Crippen LogP contribution in [0.15, 0.2) is 0 Å². The number of anilines is 1. The van der Waals surface area contributed by atoms with E-state index < -0.39 is 12.1 Å². The Balaban J connectivity index is 1.94. The first kappa shape index (κ1) is 15.8. The molecule has 1 atom stereocenters. The van der Waals surface area contributed by atoms with Gasteiger partial charge in [-0.2, -0.15) is 4.37 Å². The van der Waals surface area contributed by atoms with Gasteiger partial charge in [0.1, 0.15) is 10.6 Å². The molecular weight excluding hydrogens is 290 g/mol. The molecule has 1 aliphatic carbocycles. The fourth-order valence-corrected chi connectivity index (χ4v) is 3.18. The van der Waals surface area contributed by atoms with Gasteiger partial charge in [0.15, 0.2) is 6.10 Å². The molecule has 0 saturated heterocycles. The van der Waals surface area contributed by atoms with Gasteiger partial charge in [0.2, 0.25) is 0 Å². The second kappa shape index (κ2) is 6.89. The highest BCUT2D eigenvalue weighted by Gasteiger charge is 2.26. The number of nitrogens with zero attached hydrogens (tertiary/aromatic N) is 1. The molecule has 1 aromatic heterocycles. The van der Waals surface area contributed by atoms with E-state index in [1.54, 1.807) is 20.9 Å². The molecule has 1 aliphatic rings. The van der Waals surface area contributed by atoms with E-state index in [0.29, 0.717) is 16.3 Å². The summed E-state index contributed by atoms with van der Waals surface area (Å²) in [5, 5.41) is 6.49. The van der Waals surface area contributed by atoms with E-state index in [4.69, 9.17) is 4.74 Å². The van der Waals surface area contributed by atoms with Crippen molar-refractivity contribution in [2.75, 3.05) is 12.4 Å². The second-order valence-corrected chi connectivity index (χ2v) is 6.03. The summed E-state index contributed by atoms with van der Waals surface area (Å²) in [6.07, 6.45) is 3.49. The molecule has 1 saturated carbocycles. The maximum absolute atomic E-state index is 12.2. The first-order valence-electron chi connectivity index (χ1n) is 7.18. The Morgan fingerprint density at radius 3 is 2.67 bits per heavy atom.